The second-order valence-corrected chi connectivity index (χ2v) is 13.9. The fraction of sp³-hybridized carbons (Fsp3) is 0.548. The fourth-order valence-electron chi connectivity index (χ4n) is 6.32. The van der Waals surface area contributed by atoms with Gasteiger partial charge >= 0.3 is 0 Å². The highest BCUT2D eigenvalue weighted by Crippen LogP contribution is 2.35. The lowest BCUT2D eigenvalue weighted by Crippen LogP contribution is -2.40. The largest absolute Gasteiger partial charge is 0.381 e. The van der Waals surface area contributed by atoms with E-state index in [1.54, 1.807) is 0 Å². The van der Waals surface area contributed by atoms with Crippen LogP contribution in [0, 0.1) is 11.8 Å². The van der Waals surface area contributed by atoms with Crippen LogP contribution in [0.15, 0.2) is 48.5 Å². The molecule has 0 atom stereocenters. The lowest BCUT2D eigenvalue weighted by Gasteiger charge is -2.36. The Kier molecular flexibility index (Phi) is 8.25. The number of ether oxygens (including phenoxy) is 2. The molecule has 6 rings (SSSR count). The summed E-state index contributed by atoms with van der Waals surface area (Å²) in [5, 5.41) is 1.22. The third kappa shape index (κ3) is 6.68. The fourth-order valence-corrected chi connectivity index (χ4v) is 7.60. The molecule has 0 unspecified atom stereocenters. The van der Waals surface area contributed by atoms with Crippen LogP contribution in [-0.2, 0) is 25.9 Å². The van der Waals surface area contributed by atoms with Crippen molar-refractivity contribution in [3.8, 4) is 11.3 Å². The number of anilines is 1. The van der Waals surface area contributed by atoms with Crippen molar-refractivity contribution in [3.05, 3.63) is 54.1 Å². The third-order valence-electron chi connectivity index (χ3n) is 8.67. The van der Waals surface area contributed by atoms with E-state index in [1.165, 1.54) is 27.7 Å². The van der Waals surface area contributed by atoms with Crippen LogP contribution in [0.3, 0.4) is 0 Å². The second-order valence-electron chi connectivity index (χ2n) is 11.6. The van der Waals surface area contributed by atoms with Crippen LogP contribution in [0.2, 0.25) is 0 Å². The zero-order chi connectivity index (χ0) is 26.7. The van der Waals surface area contributed by atoms with Gasteiger partial charge in [0.05, 0.1) is 22.7 Å². The van der Waals surface area contributed by atoms with E-state index in [4.69, 9.17) is 9.47 Å². The molecule has 8 heteroatoms. The molecule has 0 amide bonds. The summed E-state index contributed by atoms with van der Waals surface area (Å²) in [7, 11) is -2.90. The number of sulfone groups is 1. The Morgan fingerprint density at radius 2 is 1.46 bits per heavy atom. The Morgan fingerprint density at radius 3 is 2.08 bits per heavy atom. The summed E-state index contributed by atoms with van der Waals surface area (Å²) in [6.45, 7) is 7.44. The molecular formula is C31H41N3O4S. The van der Waals surface area contributed by atoms with Gasteiger partial charge in [0.1, 0.15) is 0 Å². The SMILES string of the molecule is O=S1(=O)CCN(Cc2cc(N(CC3CCOCC3)CC3CCOCC3)c3[nH]c(-c4ccccc4)cc3c2)CC1. The van der Waals surface area contributed by atoms with E-state index in [2.05, 4.69) is 63.3 Å². The number of hydrogen-bond donors (Lipinski definition) is 1. The Balaban J connectivity index is 1.37. The van der Waals surface area contributed by atoms with Gasteiger partial charge < -0.3 is 19.4 Å². The first kappa shape index (κ1) is 26.8. The Hall–Kier alpha value is -2.39. The highest BCUT2D eigenvalue weighted by molar-refractivity contribution is 7.91. The molecule has 4 heterocycles. The maximum atomic E-state index is 12.0. The van der Waals surface area contributed by atoms with E-state index in [1.807, 2.05) is 0 Å². The molecule has 7 nitrogen and oxygen atoms in total. The number of benzene rings is 2. The number of H-pyrrole nitrogens is 1. The molecule has 3 aliphatic heterocycles. The molecule has 1 N–H and O–H groups in total. The van der Waals surface area contributed by atoms with Crippen LogP contribution in [0.1, 0.15) is 31.2 Å². The molecule has 0 bridgehead atoms. The smallest absolute Gasteiger partial charge is 0.152 e. The third-order valence-corrected chi connectivity index (χ3v) is 10.3. The number of hydrogen-bond acceptors (Lipinski definition) is 6. The molecule has 39 heavy (non-hydrogen) atoms. The van der Waals surface area contributed by atoms with E-state index in [0.717, 1.165) is 77.4 Å². The molecule has 0 saturated carbocycles. The minimum atomic E-state index is -2.90. The van der Waals surface area contributed by atoms with Crippen molar-refractivity contribution in [2.24, 2.45) is 11.8 Å². The van der Waals surface area contributed by atoms with Gasteiger partial charge in [-0.05, 0) is 66.8 Å². The summed E-state index contributed by atoms with van der Waals surface area (Å²) in [6, 6.07) is 17.5. The average molecular weight is 552 g/mol. The van der Waals surface area contributed by atoms with Crippen LogP contribution in [0.25, 0.3) is 22.2 Å². The van der Waals surface area contributed by atoms with Crippen LogP contribution < -0.4 is 4.90 Å². The Labute approximate surface area is 232 Å². The summed E-state index contributed by atoms with van der Waals surface area (Å²) < 4.78 is 35.4. The molecule has 3 aromatic rings. The zero-order valence-electron chi connectivity index (χ0n) is 22.8. The molecule has 3 aliphatic rings. The van der Waals surface area contributed by atoms with Crippen LogP contribution in [0.5, 0.6) is 0 Å². The minimum Gasteiger partial charge on any atom is -0.381 e. The van der Waals surface area contributed by atoms with Gasteiger partial charge in [0.15, 0.2) is 9.84 Å². The number of aromatic nitrogens is 1. The van der Waals surface area contributed by atoms with Crippen LogP contribution in [0.4, 0.5) is 5.69 Å². The highest BCUT2D eigenvalue weighted by atomic mass is 32.2. The van der Waals surface area contributed by atoms with Gasteiger partial charge in [0, 0.05) is 70.2 Å². The van der Waals surface area contributed by atoms with Gasteiger partial charge in [-0.25, -0.2) is 8.42 Å². The molecule has 3 fully saturated rings. The van der Waals surface area contributed by atoms with Crippen LogP contribution >= 0.6 is 0 Å². The zero-order valence-corrected chi connectivity index (χ0v) is 23.6. The molecule has 2 aromatic carbocycles. The monoisotopic (exact) mass is 551 g/mol. The molecule has 0 radical (unpaired) electrons. The lowest BCUT2D eigenvalue weighted by molar-refractivity contribution is 0.0624. The molecule has 0 spiro atoms. The number of nitrogens with zero attached hydrogens (tertiary/aromatic N) is 2. The Bertz CT molecular complexity index is 1310. The quantitative estimate of drug-likeness (QED) is 0.437. The summed E-state index contributed by atoms with van der Waals surface area (Å²) in [6.07, 6.45) is 4.43. The lowest BCUT2D eigenvalue weighted by atomic mass is 9.95. The average Bonchev–Trinajstić information content (AvgIpc) is 3.39. The van der Waals surface area contributed by atoms with Crippen molar-refractivity contribution in [2.45, 2.75) is 32.2 Å². The van der Waals surface area contributed by atoms with Crippen molar-refractivity contribution in [1.29, 1.82) is 0 Å². The summed E-state index contributed by atoms with van der Waals surface area (Å²) >= 11 is 0. The van der Waals surface area contributed by atoms with Crippen molar-refractivity contribution in [1.82, 2.24) is 9.88 Å². The highest BCUT2D eigenvalue weighted by Gasteiger charge is 2.26. The topological polar surface area (TPSA) is 74.9 Å². The number of aromatic amines is 1. The van der Waals surface area contributed by atoms with Crippen LogP contribution in [-0.4, -0.2) is 82.4 Å². The maximum absolute atomic E-state index is 12.0. The van der Waals surface area contributed by atoms with Crippen molar-refractivity contribution in [2.75, 3.05) is 69.0 Å². The van der Waals surface area contributed by atoms with E-state index in [-0.39, 0.29) is 11.5 Å². The molecule has 210 valence electrons. The van der Waals surface area contributed by atoms with Gasteiger partial charge in [-0.2, -0.15) is 0 Å². The molecule has 0 aliphatic carbocycles. The van der Waals surface area contributed by atoms with E-state index in [0.29, 0.717) is 24.9 Å². The summed E-state index contributed by atoms with van der Waals surface area (Å²) in [5.74, 6) is 1.75. The molecule has 1 aromatic heterocycles. The first-order chi connectivity index (χ1) is 19.0. The van der Waals surface area contributed by atoms with Gasteiger partial charge in [0.2, 0.25) is 0 Å². The molecular weight excluding hydrogens is 510 g/mol. The maximum Gasteiger partial charge on any atom is 0.152 e. The standard InChI is InChI=1S/C31H41N3O4S/c35-39(36)16-10-33(11-17-39)21-26-18-28-20-29(27-4-2-1-3-5-27)32-31(28)30(19-26)34(22-24-6-12-37-13-7-24)23-25-8-14-38-15-9-25/h1-5,18-20,24-25,32H,6-17,21-23H2. The predicted octanol–water partition coefficient (Wildman–Crippen LogP) is 4.72. The van der Waals surface area contributed by atoms with Gasteiger partial charge in [-0.15, -0.1) is 0 Å². The van der Waals surface area contributed by atoms with E-state index in [9.17, 15) is 8.42 Å². The van der Waals surface area contributed by atoms with E-state index >= 15 is 0 Å². The van der Waals surface area contributed by atoms with Crippen molar-refractivity contribution >= 4 is 26.4 Å². The minimum absolute atomic E-state index is 0.254. The number of rotatable bonds is 8. The van der Waals surface area contributed by atoms with Gasteiger partial charge in [-0.3, -0.25) is 4.90 Å². The van der Waals surface area contributed by atoms with Crippen molar-refractivity contribution < 1.29 is 17.9 Å². The molecule has 3 saturated heterocycles. The summed E-state index contributed by atoms with van der Waals surface area (Å²) in [5.41, 5.74) is 6.03. The number of nitrogens with one attached hydrogen (secondary N) is 1. The predicted molar refractivity (Wildman–Crippen MR) is 157 cm³/mol. The first-order valence-corrected chi connectivity index (χ1v) is 16.4. The second kappa shape index (κ2) is 12.0. The summed E-state index contributed by atoms with van der Waals surface area (Å²) in [4.78, 5) is 8.73. The Morgan fingerprint density at radius 1 is 0.846 bits per heavy atom. The van der Waals surface area contributed by atoms with Gasteiger partial charge in [-0.1, -0.05) is 30.3 Å². The first-order valence-electron chi connectivity index (χ1n) is 14.6. The van der Waals surface area contributed by atoms with E-state index < -0.39 is 9.84 Å². The van der Waals surface area contributed by atoms with Crippen molar-refractivity contribution in [3.63, 3.8) is 0 Å². The normalized spacial score (nSPS) is 21.3. The van der Waals surface area contributed by atoms with Gasteiger partial charge in [0.25, 0.3) is 0 Å². The number of fused-ring (bicyclic) bond motifs is 1.